The van der Waals surface area contributed by atoms with Crippen molar-refractivity contribution < 1.29 is 4.79 Å². The van der Waals surface area contributed by atoms with E-state index in [0.29, 0.717) is 31.0 Å². The second-order valence-corrected chi connectivity index (χ2v) is 8.10. The van der Waals surface area contributed by atoms with Crippen LogP contribution in [0.15, 0.2) is 48.7 Å². The van der Waals surface area contributed by atoms with E-state index in [-0.39, 0.29) is 11.9 Å². The lowest BCUT2D eigenvalue weighted by molar-refractivity contribution is -0.121. The number of halogens is 1. The van der Waals surface area contributed by atoms with Crippen LogP contribution in [0.3, 0.4) is 0 Å². The fraction of sp³-hybridized carbons (Fsp3) is 0.333. The number of pyridine rings is 1. The van der Waals surface area contributed by atoms with Crippen LogP contribution in [-0.2, 0) is 17.8 Å². The molecule has 0 saturated heterocycles. The summed E-state index contributed by atoms with van der Waals surface area (Å²) in [6, 6.07) is 13.6. The van der Waals surface area contributed by atoms with Crippen molar-refractivity contribution in [3.8, 4) is 0 Å². The predicted octanol–water partition coefficient (Wildman–Crippen LogP) is 4.10. The van der Waals surface area contributed by atoms with E-state index < -0.39 is 0 Å². The van der Waals surface area contributed by atoms with E-state index >= 15 is 0 Å². The molecule has 2 heterocycles. The molecule has 6 nitrogen and oxygen atoms in total. The summed E-state index contributed by atoms with van der Waals surface area (Å²) in [6.07, 6.45) is 2.76. The van der Waals surface area contributed by atoms with Gasteiger partial charge in [0.1, 0.15) is 5.82 Å². The minimum Gasteiger partial charge on any atom is -0.350 e. The van der Waals surface area contributed by atoms with E-state index in [1.165, 1.54) is 11.5 Å². The first-order valence-electron chi connectivity index (χ1n) is 9.51. The van der Waals surface area contributed by atoms with Gasteiger partial charge in [-0.1, -0.05) is 29.8 Å². The van der Waals surface area contributed by atoms with Crippen LogP contribution in [0.25, 0.3) is 0 Å². The average molecular weight is 430 g/mol. The maximum atomic E-state index is 12.2. The topological polar surface area (TPSA) is 71.0 Å². The summed E-state index contributed by atoms with van der Waals surface area (Å²) in [7, 11) is 0. The Labute approximate surface area is 180 Å². The van der Waals surface area contributed by atoms with Gasteiger partial charge in [-0.25, -0.2) is 4.98 Å². The molecule has 1 N–H and O–H groups in total. The van der Waals surface area contributed by atoms with Crippen molar-refractivity contribution >= 4 is 34.2 Å². The molecule has 0 aliphatic carbocycles. The van der Waals surface area contributed by atoms with Crippen molar-refractivity contribution in [1.29, 1.82) is 0 Å². The Morgan fingerprint density at radius 3 is 2.69 bits per heavy atom. The Bertz CT molecular complexity index is 914. The minimum absolute atomic E-state index is 0.00722. The van der Waals surface area contributed by atoms with Gasteiger partial charge >= 0.3 is 0 Å². The largest absolute Gasteiger partial charge is 0.350 e. The lowest BCUT2D eigenvalue weighted by atomic mass is 10.1. The van der Waals surface area contributed by atoms with Crippen LogP contribution in [0.5, 0.6) is 0 Å². The van der Waals surface area contributed by atoms with Crippen molar-refractivity contribution in [2.45, 2.75) is 39.3 Å². The molecule has 1 aromatic carbocycles. The van der Waals surface area contributed by atoms with Gasteiger partial charge in [0.05, 0.1) is 12.2 Å². The lowest BCUT2D eigenvalue weighted by Crippen LogP contribution is -2.35. The first-order valence-corrected chi connectivity index (χ1v) is 10.7. The third-order valence-electron chi connectivity index (χ3n) is 4.37. The summed E-state index contributed by atoms with van der Waals surface area (Å²) in [5.41, 5.74) is 1.96. The number of nitrogens with one attached hydrogen (secondary N) is 1. The number of carbonyl (C=O) groups excluding carboxylic acids is 1. The second-order valence-electron chi connectivity index (χ2n) is 6.93. The van der Waals surface area contributed by atoms with E-state index in [9.17, 15) is 4.79 Å². The molecular formula is C21H24ClN5OS. The Morgan fingerprint density at radius 1 is 1.21 bits per heavy atom. The smallest absolute Gasteiger partial charge is 0.222 e. The number of benzene rings is 1. The Hall–Kier alpha value is -2.51. The number of rotatable bonds is 9. The van der Waals surface area contributed by atoms with Gasteiger partial charge in [0, 0.05) is 48.2 Å². The highest BCUT2D eigenvalue weighted by molar-refractivity contribution is 7.09. The van der Waals surface area contributed by atoms with Gasteiger partial charge in [0.2, 0.25) is 11.0 Å². The molecule has 0 unspecified atom stereocenters. The molecule has 0 radical (unpaired) electrons. The van der Waals surface area contributed by atoms with E-state index in [1.807, 2.05) is 42.5 Å². The summed E-state index contributed by atoms with van der Waals surface area (Å²) >= 11 is 7.31. The van der Waals surface area contributed by atoms with Crippen molar-refractivity contribution in [3.05, 3.63) is 70.8 Å². The van der Waals surface area contributed by atoms with Gasteiger partial charge in [0.15, 0.2) is 0 Å². The van der Waals surface area contributed by atoms with E-state index in [4.69, 9.17) is 11.6 Å². The van der Waals surface area contributed by atoms with Gasteiger partial charge in [0.25, 0.3) is 0 Å². The van der Waals surface area contributed by atoms with Gasteiger partial charge in [-0.2, -0.15) is 4.37 Å². The zero-order valence-corrected chi connectivity index (χ0v) is 18.1. The molecule has 8 heteroatoms. The molecule has 0 bridgehead atoms. The van der Waals surface area contributed by atoms with Crippen molar-refractivity contribution in [3.63, 3.8) is 0 Å². The molecule has 0 fully saturated rings. The minimum atomic E-state index is -0.00722. The van der Waals surface area contributed by atoms with Crippen LogP contribution < -0.4 is 10.2 Å². The quantitative estimate of drug-likeness (QED) is 0.554. The predicted molar refractivity (Wildman–Crippen MR) is 117 cm³/mol. The summed E-state index contributed by atoms with van der Waals surface area (Å²) in [4.78, 5) is 23.2. The van der Waals surface area contributed by atoms with Gasteiger partial charge in [-0.3, -0.25) is 9.78 Å². The maximum absolute atomic E-state index is 12.2. The lowest BCUT2D eigenvalue weighted by Gasteiger charge is -2.25. The molecule has 3 rings (SSSR count). The molecule has 0 saturated carbocycles. The summed E-state index contributed by atoms with van der Waals surface area (Å²) < 4.78 is 4.49. The molecule has 0 aliphatic heterocycles. The first-order chi connectivity index (χ1) is 14.0. The molecule has 152 valence electrons. The number of hydrogen-bond donors (Lipinski definition) is 1. The van der Waals surface area contributed by atoms with E-state index in [1.54, 1.807) is 6.20 Å². The zero-order valence-electron chi connectivity index (χ0n) is 16.5. The molecule has 3 aromatic rings. The molecule has 2 aromatic heterocycles. The van der Waals surface area contributed by atoms with Crippen molar-refractivity contribution in [2.24, 2.45) is 0 Å². The monoisotopic (exact) mass is 429 g/mol. The molecule has 0 atom stereocenters. The number of nitrogens with zero attached hydrogens (tertiary/aromatic N) is 4. The van der Waals surface area contributed by atoms with Gasteiger partial charge in [-0.15, -0.1) is 0 Å². The van der Waals surface area contributed by atoms with Gasteiger partial charge in [-0.05, 0) is 43.7 Å². The highest BCUT2D eigenvalue weighted by atomic mass is 35.5. The number of aromatic nitrogens is 3. The average Bonchev–Trinajstić information content (AvgIpc) is 3.17. The Morgan fingerprint density at radius 2 is 2.00 bits per heavy atom. The highest BCUT2D eigenvalue weighted by Crippen LogP contribution is 2.22. The third kappa shape index (κ3) is 6.51. The van der Waals surface area contributed by atoms with Crippen LogP contribution in [0.1, 0.15) is 37.4 Å². The van der Waals surface area contributed by atoms with Gasteiger partial charge < -0.3 is 10.2 Å². The maximum Gasteiger partial charge on any atom is 0.222 e. The molecule has 0 aliphatic rings. The summed E-state index contributed by atoms with van der Waals surface area (Å²) in [6.45, 7) is 5.20. The summed E-state index contributed by atoms with van der Waals surface area (Å²) in [5, 5.41) is 4.47. The fourth-order valence-corrected chi connectivity index (χ4v) is 3.77. The third-order valence-corrected chi connectivity index (χ3v) is 5.42. The first kappa shape index (κ1) is 21.2. The molecule has 29 heavy (non-hydrogen) atoms. The number of carbonyl (C=O) groups is 1. The molecule has 1 amide bonds. The standard InChI is InChI=1S/C21H24ClN5OS/c1-15(2)27(12-10-20(28)24-14-18-5-3-4-11-23-18)21-25-19(26-29-21)13-16-6-8-17(22)9-7-16/h3-9,11,15H,10,12-14H2,1-2H3,(H,24,28). The van der Waals surface area contributed by atoms with E-state index in [2.05, 4.69) is 38.4 Å². The number of hydrogen-bond acceptors (Lipinski definition) is 6. The second kappa shape index (κ2) is 10.3. The Balaban J connectivity index is 1.54. The van der Waals surface area contributed by atoms with Crippen molar-refractivity contribution in [1.82, 2.24) is 19.7 Å². The van der Waals surface area contributed by atoms with E-state index in [0.717, 1.165) is 22.2 Å². The van der Waals surface area contributed by atoms with Crippen LogP contribution in [-0.4, -0.2) is 32.8 Å². The van der Waals surface area contributed by atoms with Crippen LogP contribution >= 0.6 is 23.1 Å². The highest BCUT2D eigenvalue weighted by Gasteiger charge is 2.17. The van der Waals surface area contributed by atoms with Crippen molar-refractivity contribution in [2.75, 3.05) is 11.4 Å². The molecule has 0 spiro atoms. The zero-order chi connectivity index (χ0) is 20.6. The van der Waals surface area contributed by atoms with Crippen LogP contribution in [0.2, 0.25) is 5.02 Å². The van der Waals surface area contributed by atoms with Crippen LogP contribution in [0, 0.1) is 0 Å². The number of anilines is 1. The Kier molecular flexibility index (Phi) is 7.55. The fourth-order valence-electron chi connectivity index (χ4n) is 2.79. The SMILES string of the molecule is CC(C)N(CCC(=O)NCc1ccccn1)c1nc(Cc2ccc(Cl)cc2)ns1. The molecular weight excluding hydrogens is 406 g/mol. The number of amides is 1. The normalized spacial score (nSPS) is 10.9. The van der Waals surface area contributed by atoms with Crippen LogP contribution in [0.4, 0.5) is 5.13 Å². The summed E-state index contributed by atoms with van der Waals surface area (Å²) in [5.74, 6) is 0.768.